The molecule has 0 saturated carbocycles. The van der Waals surface area contributed by atoms with Crippen LogP contribution >= 0.6 is 0 Å². The van der Waals surface area contributed by atoms with Crippen molar-refractivity contribution in [2.45, 2.75) is 0 Å². The molecule has 0 aliphatic carbocycles. The number of nitrogens with zero attached hydrogens (tertiary/aromatic N) is 3. The van der Waals surface area contributed by atoms with Crippen molar-refractivity contribution < 1.29 is 5.21 Å². The van der Waals surface area contributed by atoms with Gasteiger partial charge in [0.15, 0.2) is 5.49 Å². The molecule has 0 atom stereocenters. The van der Waals surface area contributed by atoms with Gasteiger partial charge in [0.2, 0.25) is 0 Å². The van der Waals surface area contributed by atoms with Crippen LogP contribution in [0.25, 0.3) is 0 Å². The van der Waals surface area contributed by atoms with E-state index in [4.69, 9.17) is 5.21 Å². The van der Waals surface area contributed by atoms with Crippen LogP contribution in [0.5, 0.6) is 0 Å². The molecule has 0 fully saturated rings. The maximum Gasteiger partial charge on any atom is 0.181 e. The fraction of sp³-hybridized carbons (Fsp3) is 0.200. The number of aromatic nitrogens is 2. The van der Waals surface area contributed by atoms with Crippen LogP contribution in [0.2, 0.25) is 0 Å². The zero-order chi connectivity index (χ0) is 6.69. The van der Waals surface area contributed by atoms with Gasteiger partial charge in [-0.15, -0.1) is 0 Å². The van der Waals surface area contributed by atoms with Gasteiger partial charge in [0.25, 0.3) is 0 Å². The average molecular weight is 125 g/mol. The first-order valence-corrected chi connectivity index (χ1v) is 2.49. The van der Waals surface area contributed by atoms with Crippen LogP contribution in [0.15, 0.2) is 23.6 Å². The molecule has 0 aromatic carbocycles. The van der Waals surface area contributed by atoms with E-state index in [1.54, 1.807) is 7.05 Å². The highest BCUT2D eigenvalue weighted by Gasteiger charge is 1.81. The molecule has 4 heteroatoms. The van der Waals surface area contributed by atoms with Crippen LogP contribution < -0.4 is 5.49 Å². The van der Waals surface area contributed by atoms with Crippen molar-refractivity contribution in [3.05, 3.63) is 24.1 Å². The third-order valence-electron chi connectivity index (χ3n) is 0.948. The van der Waals surface area contributed by atoms with Crippen molar-refractivity contribution in [2.75, 3.05) is 7.05 Å². The summed E-state index contributed by atoms with van der Waals surface area (Å²) in [4.78, 5) is 7.46. The Bertz CT molecular complexity index is 252. The highest BCUT2D eigenvalue weighted by Crippen LogP contribution is 1.67. The topological polar surface area (TPSA) is 50.4 Å². The van der Waals surface area contributed by atoms with Crippen molar-refractivity contribution in [1.82, 2.24) is 9.71 Å². The zero-order valence-corrected chi connectivity index (χ0v) is 5.02. The first kappa shape index (κ1) is 5.81. The van der Waals surface area contributed by atoms with Gasteiger partial charge in [-0.25, -0.2) is 0 Å². The van der Waals surface area contributed by atoms with Gasteiger partial charge >= 0.3 is 0 Å². The molecule has 0 unspecified atom stereocenters. The Hall–Kier alpha value is -1.32. The number of rotatable bonds is 0. The SMILES string of the molecule is CN=c1cnccn1O. The van der Waals surface area contributed by atoms with E-state index in [2.05, 4.69) is 9.98 Å². The third-order valence-corrected chi connectivity index (χ3v) is 0.948. The maximum atomic E-state index is 8.89. The van der Waals surface area contributed by atoms with E-state index in [0.717, 1.165) is 4.73 Å². The summed E-state index contributed by atoms with van der Waals surface area (Å²) in [7, 11) is 1.59. The minimum atomic E-state index is 0.442. The molecule has 48 valence electrons. The molecular formula is C5H7N3O. The molecule has 9 heavy (non-hydrogen) atoms. The van der Waals surface area contributed by atoms with Gasteiger partial charge in [-0.2, -0.15) is 4.73 Å². The van der Waals surface area contributed by atoms with Gasteiger partial charge in [0.05, 0.1) is 12.4 Å². The van der Waals surface area contributed by atoms with Gasteiger partial charge in [-0.1, -0.05) is 0 Å². The lowest BCUT2D eigenvalue weighted by Crippen LogP contribution is -2.17. The fourth-order valence-electron chi connectivity index (χ4n) is 0.507. The van der Waals surface area contributed by atoms with Gasteiger partial charge in [0, 0.05) is 13.2 Å². The molecule has 0 aliphatic heterocycles. The second-order valence-electron chi connectivity index (χ2n) is 1.50. The lowest BCUT2D eigenvalue weighted by molar-refractivity contribution is 0.171. The molecule has 1 aromatic heterocycles. The summed E-state index contributed by atoms with van der Waals surface area (Å²) in [6, 6.07) is 0. The third kappa shape index (κ3) is 1.07. The Labute approximate surface area is 52.1 Å². The molecule has 0 amide bonds. The lowest BCUT2D eigenvalue weighted by atomic mass is 10.7. The predicted octanol–water partition coefficient (Wildman–Crippen LogP) is -0.349. The fourth-order valence-corrected chi connectivity index (χ4v) is 0.507. The molecule has 0 aliphatic rings. The zero-order valence-electron chi connectivity index (χ0n) is 5.02. The summed E-state index contributed by atoms with van der Waals surface area (Å²) in [5, 5.41) is 8.89. The highest BCUT2D eigenvalue weighted by atomic mass is 16.5. The van der Waals surface area contributed by atoms with Gasteiger partial charge in [-0.3, -0.25) is 9.98 Å². The highest BCUT2D eigenvalue weighted by molar-refractivity contribution is 4.74. The Morgan fingerprint density at radius 2 is 2.56 bits per heavy atom. The largest absolute Gasteiger partial charge is 0.427 e. The van der Waals surface area contributed by atoms with Gasteiger partial charge in [0.1, 0.15) is 0 Å². The monoisotopic (exact) mass is 125 g/mol. The Morgan fingerprint density at radius 1 is 1.78 bits per heavy atom. The summed E-state index contributed by atoms with van der Waals surface area (Å²) < 4.78 is 0.910. The Kier molecular flexibility index (Phi) is 1.48. The van der Waals surface area contributed by atoms with E-state index in [1.165, 1.54) is 18.6 Å². The van der Waals surface area contributed by atoms with E-state index < -0.39 is 0 Å². The molecule has 1 heterocycles. The average Bonchev–Trinajstić information content (AvgIpc) is 1.89. The van der Waals surface area contributed by atoms with Crippen LogP contribution in [0.4, 0.5) is 0 Å². The van der Waals surface area contributed by atoms with E-state index >= 15 is 0 Å². The van der Waals surface area contributed by atoms with Crippen LogP contribution in [0.1, 0.15) is 0 Å². The second kappa shape index (κ2) is 2.30. The van der Waals surface area contributed by atoms with Crippen LogP contribution in [-0.2, 0) is 0 Å². The molecule has 1 aromatic rings. The standard InChI is InChI=1S/C5H7N3O/c1-6-5-4-7-2-3-8(5)9/h2-4,9H,1H3. The molecule has 1 rings (SSSR count). The molecule has 0 saturated heterocycles. The Balaban J connectivity index is 3.33. The van der Waals surface area contributed by atoms with Crippen LogP contribution in [-0.4, -0.2) is 22.0 Å². The van der Waals surface area contributed by atoms with E-state index in [9.17, 15) is 0 Å². The predicted molar refractivity (Wildman–Crippen MR) is 30.9 cm³/mol. The summed E-state index contributed by atoms with van der Waals surface area (Å²) in [6.45, 7) is 0. The van der Waals surface area contributed by atoms with Crippen molar-refractivity contribution >= 4 is 0 Å². The summed E-state index contributed by atoms with van der Waals surface area (Å²) in [6.07, 6.45) is 4.37. The Morgan fingerprint density at radius 3 is 3.00 bits per heavy atom. The number of hydrogen-bond donors (Lipinski definition) is 1. The smallest absolute Gasteiger partial charge is 0.181 e. The van der Waals surface area contributed by atoms with Crippen molar-refractivity contribution in [3.63, 3.8) is 0 Å². The van der Waals surface area contributed by atoms with E-state index in [1.807, 2.05) is 0 Å². The molecular weight excluding hydrogens is 118 g/mol. The summed E-state index contributed by atoms with van der Waals surface area (Å²) >= 11 is 0. The van der Waals surface area contributed by atoms with Crippen LogP contribution in [0, 0.1) is 0 Å². The molecule has 0 spiro atoms. The van der Waals surface area contributed by atoms with Crippen LogP contribution in [0.3, 0.4) is 0 Å². The second-order valence-corrected chi connectivity index (χ2v) is 1.50. The quantitative estimate of drug-likeness (QED) is 0.482. The molecule has 4 nitrogen and oxygen atoms in total. The summed E-state index contributed by atoms with van der Waals surface area (Å²) in [5.74, 6) is 0. The normalized spacial score (nSPS) is 11.9. The molecule has 0 radical (unpaired) electrons. The van der Waals surface area contributed by atoms with E-state index in [-0.39, 0.29) is 0 Å². The summed E-state index contributed by atoms with van der Waals surface area (Å²) in [5.41, 5.74) is 0.442. The van der Waals surface area contributed by atoms with Crippen molar-refractivity contribution in [2.24, 2.45) is 4.99 Å². The van der Waals surface area contributed by atoms with Gasteiger partial charge in [-0.05, 0) is 0 Å². The van der Waals surface area contributed by atoms with Crippen molar-refractivity contribution in [3.8, 4) is 0 Å². The lowest BCUT2D eigenvalue weighted by Gasteiger charge is -1.92. The van der Waals surface area contributed by atoms with Crippen molar-refractivity contribution in [1.29, 1.82) is 0 Å². The van der Waals surface area contributed by atoms with E-state index in [0.29, 0.717) is 5.49 Å². The number of hydrogen-bond acceptors (Lipinski definition) is 3. The molecule has 1 N–H and O–H groups in total. The molecule has 0 bridgehead atoms. The first-order valence-electron chi connectivity index (χ1n) is 2.49. The maximum absolute atomic E-state index is 8.89. The minimum absolute atomic E-state index is 0.442. The van der Waals surface area contributed by atoms with Gasteiger partial charge < -0.3 is 5.21 Å². The minimum Gasteiger partial charge on any atom is -0.427 e. The first-order chi connectivity index (χ1) is 4.34.